The van der Waals surface area contributed by atoms with Crippen molar-refractivity contribution in [2.45, 2.75) is 5.92 Å². The highest BCUT2D eigenvalue weighted by Gasteiger charge is 2.25. The monoisotopic (exact) mass is 381 g/mol. The van der Waals surface area contributed by atoms with Gasteiger partial charge in [0.25, 0.3) is 0 Å². The van der Waals surface area contributed by atoms with Crippen LogP contribution >= 0.6 is 0 Å². The molecule has 3 aromatic carbocycles. The van der Waals surface area contributed by atoms with Crippen molar-refractivity contribution in [2.24, 2.45) is 0 Å². The van der Waals surface area contributed by atoms with E-state index in [-0.39, 0.29) is 5.92 Å². The topological polar surface area (TPSA) is 55.0 Å². The Hall–Kier alpha value is -3.66. The lowest BCUT2D eigenvalue weighted by Crippen LogP contribution is -2.09. The van der Waals surface area contributed by atoms with Gasteiger partial charge in [-0.3, -0.25) is 0 Å². The third-order valence-electron chi connectivity index (χ3n) is 5.71. The van der Waals surface area contributed by atoms with Crippen LogP contribution in [0.5, 0.6) is 5.75 Å². The normalized spacial score (nSPS) is 11.6. The fourth-order valence-corrected chi connectivity index (χ4v) is 4.22. The van der Waals surface area contributed by atoms with Crippen molar-refractivity contribution >= 4 is 27.5 Å². The maximum absolute atomic E-state index is 11.0. The summed E-state index contributed by atoms with van der Waals surface area (Å²) < 4.78 is 0. The third kappa shape index (κ3) is 2.85. The second-order valence-corrected chi connectivity index (χ2v) is 7.65. The van der Waals surface area contributed by atoms with Gasteiger partial charge in [0.1, 0.15) is 5.75 Å². The zero-order valence-electron chi connectivity index (χ0n) is 16.5. The number of benzene rings is 3. The van der Waals surface area contributed by atoms with Crippen LogP contribution in [-0.4, -0.2) is 29.2 Å². The van der Waals surface area contributed by atoms with Crippen LogP contribution in [0, 0.1) is 0 Å². The first-order valence-corrected chi connectivity index (χ1v) is 9.76. The zero-order valence-corrected chi connectivity index (χ0v) is 16.5. The number of nitrogens with zero attached hydrogens (tertiary/aromatic N) is 1. The predicted molar refractivity (Wildman–Crippen MR) is 120 cm³/mol. The number of hydrogen-bond acceptors (Lipinski definition) is 2. The van der Waals surface area contributed by atoms with Crippen molar-refractivity contribution in [3.8, 4) is 5.75 Å². The van der Waals surface area contributed by atoms with Crippen LogP contribution in [0.3, 0.4) is 0 Å². The summed E-state index contributed by atoms with van der Waals surface area (Å²) in [7, 11) is 3.95. The Morgan fingerprint density at radius 2 is 1.28 bits per heavy atom. The molecule has 0 saturated heterocycles. The lowest BCUT2D eigenvalue weighted by molar-refractivity contribution is 0.467. The molecule has 0 bridgehead atoms. The highest BCUT2D eigenvalue weighted by atomic mass is 16.3. The van der Waals surface area contributed by atoms with Gasteiger partial charge in [0.15, 0.2) is 0 Å². The molecule has 0 aliphatic heterocycles. The Balaban J connectivity index is 1.78. The summed E-state index contributed by atoms with van der Waals surface area (Å²) in [6.45, 7) is 0. The number of anilines is 1. The molecule has 0 amide bonds. The molecular weight excluding hydrogens is 358 g/mol. The molecule has 3 N–H and O–H groups in total. The predicted octanol–water partition coefficient (Wildman–Crippen LogP) is 5.60. The average molecular weight is 381 g/mol. The van der Waals surface area contributed by atoms with Gasteiger partial charge in [0.2, 0.25) is 0 Å². The van der Waals surface area contributed by atoms with Crippen molar-refractivity contribution in [3.05, 3.63) is 95.8 Å². The van der Waals surface area contributed by atoms with E-state index in [4.69, 9.17) is 0 Å². The second-order valence-electron chi connectivity index (χ2n) is 7.65. The quantitative estimate of drug-likeness (QED) is 0.379. The number of aromatic hydroxyl groups is 1. The van der Waals surface area contributed by atoms with Crippen LogP contribution in [0.4, 0.5) is 5.69 Å². The van der Waals surface area contributed by atoms with Gasteiger partial charge in [-0.05, 0) is 29.3 Å². The number of para-hydroxylation sites is 2. The van der Waals surface area contributed by atoms with Crippen LogP contribution in [0.1, 0.15) is 22.6 Å². The first-order valence-electron chi connectivity index (χ1n) is 9.76. The highest BCUT2D eigenvalue weighted by Crippen LogP contribution is 2.43. The maximum Gasteiger partial charge on any atom is 0.121 e. The number of H-pyrrole nitrogens is 2. The second kappa shape index (κ2) is 6.74. The Kier molecular flexibility index (Phi) is 4.06. The van der Waals surface area contributed by atoms with E-state index in [1.54, 1.807) is 0 Å². The summed E-state index contributed by atoms with van der Waals surface area (Å²) in [5, 5.41) is 13.3. The fraction of sp³-hybridized carbons (Fsp3) is 0.120. The lowest BCUT2D eigenvalue weighted by Gasteiger charge is -2.21. The van der Waals surface area contributed by atoms with Crippen LogP contribution in [-0.2, 0) is 0 Å². The number of fused-ring (bicyclic) bond motifs is 2. The number of aromatic nitrogens is 2. The molecule has 5 rings (SSSR count). The number of aromatic amines is 2. The van der Waals surface area contributed by atoms with Crippen LogP contribution in [0.25, 0.3) is 21.8 Å². The van der Waals surface area contributed by atoms with Gasteiger partial charge in [-0.2, -0.15) is 0 Å². The van der Waals surface area contributed by atoms with E-state index in [9.17, 15) is 5.11 Å². The molecule has 4 nitrogen and oxygen atoms in total. The molecule has 0 atom stereocenters. The summed E-state index contributed by atoms with van der Waals surface area (Å²) in [4.78, 5) is 8.79. The summed E-state index contributed by atoms with van der Waals surface area (Å²) in [5.74, 6) is 0.204. The first kappa shape index (κ1) is 17.4. The van der Waals surface area contributed by atoms with Crippen molar-refractivity contribution in [3.63, 3.8) is 0 Å². The number of rotatable bonds is 4. The molecule has 0 fully saturated rings. The first-order chi connectivity index (χ1) is 14.1. The van der Waals surface area contributed by atoms with E-state index in [1.165, 1.54) is 10.8 Å². The molecule has 29 heavy (non-hydrogen) atoms. The van der Waals surface area contributed by atoms with Gasteiger partial charge in [0, 0.05) is 71.5 Å². The average Bonchev–Trinajstić information content (AvgIpc) is 3.35. The van der Waals surface area contributed by atoms with E-state index in [1.807, 2.05) is 43.3 Å². The standard InChI is InChI=1S/C25H23N3O/c1-28(2)16-11-12-19(24(29)13-16)25(20-14-26-22-9-5-3-7-17(20)22)21-15-27-23-10-6-4-8-18(21)23/h3-15,25-27,29H,1-2H3. The molecule has 0 unspecified atom stereocenters. The van der Waals surface area contributed by atoms with Crippen molar-refractivity contribution in [1.29, 1.82) is 0 Å². The summed E-state index contributed by atoms with van der Waals surface area (Å²) in [6.07, 6.45) is 4.13. The highest BCUT2D eigenvalue weighted by molar-refractivity contribution is 5.89. The van der Waals surface area contributed by atoms with Gasteiger partial charge >= 0.3 is 0 Å². The minimum Gasteiger partial charge on any atom is -0.508 e. The fourth-order valence-electron chi connectivity index (χ4n) is 4.22. The smallest absolute Gasteiger partial charge is 0.121 e. The molecule has 4 heteroatoms. The molecule has 0 radical (unpaired) electrons. The lowest BCUT2D eigenvalue weighted by atomic mass is 9.84. The molecule has 144 valence electrons. The minimum absolute atomic E-state index is 0.0986. The SMILES string of the molecule is CN(C)c1ccc(C(c2c[nH]c3ccccc23)c2c[nH]c3ccccc23)c(O)c1. The number of hydrogen-bond donors (Lipinski definition) is 3. The molecule has 0 aliphatic carbocycles. The molecule has 2 heterocycles. The molecule has 5 aromatic rings. The Labute approximate surface area is 169 Å². The van der Waals surface area contributed by atoms with Gasteiger partial charge in [-0.15, -0.1) is 0 Å². The van der Waals surface area contributed by atoms with E-state index in [0.717, 1.165) is 33.4 Å². The van der Waals surface area contributed by atoms with Crippen molar-refractivity contribution in [1.82, 2.24) is 9.97 Å². The van der Waals surface area contributed by atoms with Gasteiger partial charge in [-0.25, -0.2) is 0 Å². The van der Waals surface area contributed by atoms with Crippen LogP contribution in [0.2, 0.25) is 0 Å². The van der Waals surface area contributed by atoms with Crippen LogP contribution in [0.15, 0.2) is 79.1 Å². The van der Waals surface area contributed by atoms with E-state index < -0.39 is 0 Å². The van der Waals surface area contributed by atoms with Gasteiger partial charge in [-0.1, -0.05) is 42.5 Å². The summed E-state index contributed by atoms with van der Waals surface area (Å²) in [5.41, 5.74) is 6.36. The van der Waals surface area contributed by atoms with E-state index in [2.05, 4.69) is 64.8 Å². The Morgan fingerprint density at radius 1 is 0.724 bits per heavy atom. The molecule has 0 aliphatic rings. The van der Waals surface area contributed by atoms with Crippen molar-refractivity contribution in [2.75, 3.05) is 19.0 Å². The van der Waals surface area contributed by atoms with E-state index in [0.29, 0.717) is 5.75 Å². The number of phenolic OH excluding ortho intramolecular Hbond substituents is 1. The van der Waals surface area contributed by atoms with E-state index >= 15 is 0 Å². The number of nitrogens with one attached hydrogen (secondary N) is 2. The minimum atomic E-state index is -0.0986. The van der Waals surface area contributed by atoms with Crippen molar-refractivity contribution < 1.29 is 5.11 Å². The number of phenols is 1. The molecule has 0 spiro atoms. The van der Waals surface area contributed by atoms with Gasteiger partial charge < -0.3 is 20.0 Å². The molecule has 0 saturated carbocycles. The third-order valence-corrected chi connectivity index (χ3v) is 5.71. The molecule has 2 aromatic heterocycles. The van der Waals surface area contributed by atoms with Gasteiger partial charge in [0.05, 0.1) is 0 Å². The summed E-state index contributed by atoms with van der Waals surface area (Å²) in [6, 6.07) is 22.6. The maximum atomic E-state index is 11.0. The zero-order chi connectivity index (χ0) is 20.0. The Morgan fingerprint density at radius 3 is 1.79 bits per heavy atom. The summed E-state index contributed by atoms with van der Waals surface area (Å²) >= 11 is 0. The molecular formula is C25H23N3O. The van der Waals surface area contributed by atoms with Crippen LogP contribution < -0.4 is 4.90 Å². The largest absolute Gasteiger partial charge is 0.508 e. The Bertz CT molecular complexity index is 1240.